The Bertz CT molecular complexity index is 835. The number of hydrogen-bond donors (Lipinski definition) is 2. The van der Waals surface area contributed by atoms with Crippen LogP contribution in [0.3, 0.4) is 0 Å². The van der Waals surface area contributed by atoms with Crippen molar-refractivity contribution in [1.82, 2.24) is 15.3 Å². The highest BCUT2D eigenvalue weighted by Crippen LogP contribution is 2.48. The predicted molar refractivity (Wildman–Crippen MR) is 102 cm³/mol. The number of aliphatic hydroxyl groups is 1. The molecule has 5 nitrogen and oxygen atoms in total. The lowest BCUT2D eigenvalue weighted by molar-refractivity contribution is -0.177. The van der Waals surface area contributed by atoms with Crippen LogP contribution in [0.4, 0.5) is 13.2 Å². The molecule has 0 amide bonds. The van der Waals surface area contributed by atoms with E-state index in [9.17, 15) is 23.1 Å². The number of alkyl halides is 3. The van der Waals surface area contributed by atoms with Crippen molar-refractivity contribution in [2.24, 2.45) is 5.92 Å². The van der Waals surface area contributed by atoms with Crippen molar-refractivity contribution in [3.63, 3.8) is 0 Å². The predicted octanol–water partition coefficient (Wildman–Crippen LogP) is 3.52. The largest absolute Gasteiger partial charge is 0.405 e. The molecular weight excluding hydrogens is 383 g/mol. The number of aliphatic hydroxyl groups excluding tert-OH is 1. The lowest BCUT2D eigenvalue weighted by atomic mass is 9.76. The third-order valence-electron chi connectivity index (χ3n) is 5.73. The van der Waals surface area contributed by atoms with Crippen LogP contribution < -0.4 is 5.32 Å². The highest BCUT2D eigenvalue weighted by molar-refractivity contribution is 5.62. The molecule has 0 bridgehead atoms. The maximum absolute atomic E-state index is 14.2. The molecule has 0 radical (unpaired) electrons. The first-order chi connectivity index (χ1) is 13.6. The van der Waals surface area contributed by atoms with Gasteiger partial charge in [0.2, 0.25) is 0 Å². The lowest BCUT2D eigenvalue weighted by Crippen LogP contribution is -2.43. The number of halogens is 3. The molecule has 2 aliphatic rings. The van der Waals surface area contributed by atoms with Crippen LogP contribution in [-0.4, -0.2) is 40.1 Å². The highest BCUT2D eigenvalue weighted by atomic mass is 19.4. The molecule has 158 valence electrons. The number of nitrogens with one attached hydrogen (secondary N) is 1. The summed E-state index contributed by atoms with van der Waals surface area (Å²) in [5.74, 6) is -0.888. The average molecular weight is 409 g/mol. The van der Waals surface area contributed by atoms with Crippen LogP contribution in [0.1, 0.15) is 62.7 Å². The standard InChI is InChI=1S/C21H26F3N3O2/c1-12(2)25-9-15(11-28)14-4-6-20(7-5-14,21(22,23)24)19-26-10-16-13(3)8-17(29)18(16)27-19/h4-6,10-13,15,17,25,29H,7-9H2,1-3H3/t13-,15?,17-,20?/m1/s1. The van der Waals surface area contributed by atoms with Crippen molar-refractivity contribution in [2.45, 2.75) is 63.3 Å². The molecule has 29 heavy (non-hydrogen) atoms. The Balaban J connectivity index is 1.94. The van der Waals surface area contributed by atoms with Gasteiger partial charge in [-0.05, 0) is 29.9 Å². The first kappa shape index (κ1) is 21.6. The summed E-state index contributed by atoms with van der Waals surface area (Å²) in [6.07, 6.45) is 0.540. The molecule has 2 unspecified atom stereocenters. The summed E-state index contributed by atoms with van der Waals surface area (Å²) in [6, 6.07) is 0.161. The van der Waals surface area contributed by atoms with E-state index < -0.39 is 30.0 Å². The number of aldehydes is 1. The number of hydrogen-bond acceptors (Lipinski definition) is 5. The molecule has 0 spiro atoms. The minimum Gasteiger partial charge on any atom is -0.387 e. The number of nitrogens with zero attached hydrogens (tertiary/aromatic N) is 2. The van der Waals surface area contributed by atoms with E-state index in [2.05, 4.69) is 15.3 Å². The second-order valence-corrected chi connectivity index (χ2v) is 8.20. The smallest absolute Gasteiger partial charge is 0.387 e. The van der Waals surface area contributed by atoms with Gasteiger partial charge in [-0.15, -0.1) is 0 Å². The Kier molecular flexibility index (Phi) is 5.96. The second-order valence-electron chi connectivity index (χ2n) is 8.20. The van der Waals surface area contributed by atoms with Crippen molar-refractivity contribution in [1.29, 1.82) is 0 Å². The van der Waals surface area contributed by atoms with Crippen LogP contribution in [0.15, 0.2) is 30.0 Å². The highest BCUT2D eigenvalue weighted by Gasteiger charge is 2.57. The van der Waals surface area contributed by atoms with Gasteiger partial charge in [0.05, 0.1) is 17.7 Å². The van der Waals surface area contributed by atoms with Crippen LogP contribution in [0.2, 0.25) is 0 Å². The first-order valence-electron chi connectivity index (χ1n) is 9.79. The molecule has 4 atom stereocenters. The summed E-state index contributed by atoms with van der Waals surface area (Å²) in [5.41, 5.74) is -0.866. The summed E-state index contributed by atoms with van der Waals surface area (Å²) < 4.78 is 42.5. The number of carbonyl (C=O) groups excluding carboxylic acids is 1. The Morgan fingerprint density at radius 2 is 2.14 bits per heavy atom. The van der Waals surface area contributed by atoms with Crippen molar-refractivity contribution in [3.8, 4) is 0 Å². The zero-order chi connectivity index (χ0) is 21.4. The third-order valence-corrected chi connectivity index (χ3v) is 5.73. The van der Waals surface area contributed by atoms with E-state index in [-0.39, 0.29) is 23.5 Å². The number of carbonyl (C=O) groups is 1. The van der Waals surface area contributed by atoms with E-state index in [0.29, 0.717) is 24.1 Å². The maximum atomic E-state index is 14.2. The van der Waals surface area contributed by atoms with E-state index in [0.717, 1.165) is 12.4 Å². The van der Waals surface area contributed by atoms with Gasteiger partial charge < -0.3 is 15.2 Å². The zero-order valence-electron chi connectivity index (χ0n) is 16.7. The van der Waals surface area contributed by atoms with E-state index in [1.54, 1.807) is 0 Å². The van der Waals surface area contributed by atoms with E-state index in [1.807, 2.05) is 20.8 Å². The molecule has 3 rings (SSSR count). The molecule has 2 N–H and O–H groups in total. The molecule has 2 aliphatic carbocycles. The number of aromatic nitrogens is 2. The van der Waals surface area contributed by atoms with Crippen LogP contribution in [0.5, 0.6) is 0 Å². The molecule has 0 saturated carbocycles. The van der Waals surface area contributed by atoms with Crippen LogP contribution in [-0.2, 0) is 10.2 Å². The van der Waals surface area contributed by atoms with Gasteiger partial charge in [0.15, 0.2) is 0 Å². The summed E-state index contributed by atoms with van der Waals surface area (Å²) >= 11 is 0. The fraction of sp³-hybridized carbons (Fsp3) is 0.571. The first-order valence-corrected chi connectivity index (χ1v) is 9.79. The average Bonchev–Trinajstić information content (AvgIpc) is 2.95. The van der Waals surface area contributed by atoms with Crippen molar-refractivity contribution >= 4 is 6.29 Å². The third kappa shape index (κ3) is 4.00. The molecule has 8 heteroatoms. The molecule has 0 saturated heterocycles. The van der Waals surface area contributed by atoms with Gasteiger partial charge in [-0.25, -0.2) is 9.97 Å². The Labute approximate surface area is 168 Å². The lowest BCUT2D eigenvalue weighted by Gasteiger charge is -2.34. The number of rotatable bonds is 6. The number of fused-ring (bicyclic) bond motifs is 1. The van der Waals surface area contributed by atoms with Crippen LogP contribution >= 0.6 is 0 Å². The minimum atomic E-state index is -4.62. The van der Waals surface area contributed by atoms with Gasteiger partial charge in [-0.1, -0.05) is 39.0 Å². The summed E-state index contributed by atoms with van der Waals surface area (Å²) in [7, 11) is 0. The Hall–Kier alpha value is -2.06. The quantitative estimate of drug-likeness (QED) is 0.704. The van der Waals surface area contributed by atoms with Gasteiger partial charge >= 0.3 is 6.18 Å². The van der Waals surface area contributed by atoms with Crippen molar-refractivity contribution in [2.75, 3.05) is 6.54 Å². The summed E-state index contributed by atoms with van der Waals surface area (Å²) in [6.45, 7) is 6.11. The molecule has 0 aliphatic heterocycles. The van der Waals surface area contributed by atoms with Gasteiger partial charge in [0.25, 0.3) is 0 Å². The molecule has 1 aromatic heterocycles. The SMILES string of the molecule is CC(C)NCC(C=O)C1=CCC(c2ncc3c(n2)[C@H](O)C[C@H]3C)(C(F)(F)F)C=C1. The minimum absolute atomic E-state index is 0.00564. The monoisotopic (exact) mass is 409 g/mol. The van der Waals surface area contributed by atoms with E-state index in [1.165, 1.54) is 18.3 Å². The topological polar surface area (TPSA) is 75.1 Å². The van der Waals surface area contributed by atoms with Crippen LogP contribution in [0, 0.1) is 5.92 Å². The second kappa shape index (κ2) is 7.99. The molecule has 0 aromatic carbocycles. The van der Waals surface area contributed by atoms with Crippen molar-refractivity contribution < 1.29 is 23.1 Å². The van der Waals surface area contributed by atoms with E-state index in [4.69, 9.17) is 0 Å². The van der Waals surface area contributed by atoms with Gasteiger partial charge in [-0.3, -0.25) is 0 Å². The Morgan fingerprint density at radius 1 is 1.41 bits per heavy atom. The van der Waals surface area contributed by atoms with Gasteiger partial charge in [0.1, 0.15) is 17.5 Å². The maximum Gasteiger partial charge on any atom is 0.405 e. The molecule has 1 aromatic rings. The fourth-order valence-corrected chi connectivity index (χ4v) is 3.88. The summed E-state index contributed by atoms with van der Waals surface area (Å²) in [4.78, 5) is 19.6. The van der Waals surface area contributed by atoms with Gasteiger partial charge in [-0.2, -0.15) is 13.2 Å². The number of allylic oxidation sites excluding steroid dienone is 3. The molecular formula is C21H26F3N3O2. The van der Waals surface area contributed by atoms with Crippen LogP contribution in [0.25, 0.3) is 0 Å². The molecule has 1 heterocycles. The van der Waals surface area contributed by atoms with Gasteiger partial charge in [0, 0.05) is 18.8 Å². The van der Waals surface area contributed by atoms with Crippen molar-refractivity contribution in [3.05, 3.63) is 47.1 Å². The van der Waals surface area contributed by atoms with E-state index >= 15 is 0 Å². The summed E-state index contributed by atoms with van der Waals surface area (Å²) in [5, 5.41) is 13.3. The fourth-order valence-electron chi connectivity index (χ4n) is 3.88. The Morgan fingerprint density at radius 3 is 2.69 bits per heavy atom. The normalized spacial score (nSPS) is 27.7. The zero-order valence-corrected chi connectivity index (χ0v) is 16.7. The molecule has 0 fully saturated rings.